The van der Waals surface area contributed by atoms with E-state index in [1.807, 2.05) is 20.8 Å². The van der Waals surface area contributed by atoms with Crippen molar-refractivity contribution < 1.29 is 19.7 Å². The lowest BCUT2D eigenvalue weighted by molar-refractivity contribution is -0.0268. The molecule has 96 valence electrons. The lowest BCUT2D eigenvalue weighted by atomic mass is 9.94. The molecule has 0 saturated carbocycles. The van der Waals surface area contributed by atoms with Crippen molar-refractivity contribution in [3.05, 3.63) is 15.8 Å². The molecule has 0 bridgehead atoms. The maximum atomic E-state index is 11.0. The highest BCUT2D eigenvalue weighted by molar-refractivity contribution is 7.14. The van der Waals surface area contributed by atoms with Gasteiger partial charge in [-0.1, -0.05) is 13.8 Å². The van der Waals surface area contributed by atoms with E-state index in [4.69, 9.17) is 9.84 Å². The molecule has 0 spiro atoms. The smallest absolute Gasteiger partial charge is 0.349 e. The Morgan fingerprint density at radius 3 is 2.65 bits per heavy atom. The van der Waals surface area contributed by atoms with Crippen molar-refractivity contribution in [3.8, 4) is 5.75 Å². The number of aromatic carboxylic acids is 1. The third kappa shape index (κ3) is 3.44. The molecule has 0 amide bonds. The Labute approximate surface area is 105 Å². The summed E-state index contributed by atoms with van der Waals surface area (Å²) in [6.45, 7) is 7.36. The molecule has 1 unspecified atom stereocenters. The van der Waals surface area contributed by atoms with Gasteiger partial charge in [0.05, 0.1) is 5.60 Å². The maximum absolute atomic E-state index is 11.0. The van der Waals surface area contributed by atoms with Crippen molar-refractivity contribution in [2.24, 2.45) is 5.92 Å². The molecule has 0 aromatic carbocycles. The minimum absolute atomic E-state index is 0.0375. The zero-order valence-electron chi connectivity index (χ0n) is 10.5. The van der Waals surface area contributed by atoms with Crippen LogP contribution in [0.3, 0.4) is 0 Å². The van der Waals surface area contributed by atoms with Gasteiger partial charge in [-0.05, 0) is 25.8 Å². The first kappa shape index (κ1) is 14.0. The highest BCUT2D eigenvalue weighted by Gasteiger charge is 2.27. The van der Waals surface area contributed by atoms with Gasteiger partial charge in [-0.15, -0.1) is 11.3 Å². The fourth-order valence-electron chi connectivity index (χ4n) is 1.14. The summed E-state index contributed by atoms with van der Waals surface area (Å²) in [4.78, 5) is 12.0. The summed E-state index contributed by atoms with van der Waals surface area (Å²) in [6.07, 6.45) is 0. The van der Waals surface area contributed by atoms with E-state index in [1.54, 1.807) is 13.0 Å². The van der Waals surface area contributed by atoms with Crippen LogP contribution in [-0.2, 0) is 0 Å². The Morgan fingerprint density at radius 2 is 2.18 bits per heavy atom. The van der Waals surface area contributed by atoms with Gasteiger partial charge in [0.1, 0.15) is 12.4 Å². The number of carboxylic acid groups (broad SMARTS) is 1. The van der Waals surface area contributed by atoms with E-state index in [2.05, 4.69) is 0 Å². The number of thiophene rings is 1. The normalized spacial score (nSPS) is 14.7. The van der Waals surface area contributed by atoms with Crippen molar-refractivity contribution in [3.63, 3.8) is 0 Å². The first-order valence-corrected chi connectivity index (χ1v) is 6.24. The second kappa shape index (κ2) is 5.06. The number of rotatable bonds is 5. The molecule has 17 heavy (non-hydrogen) atoms. The van der Waals surface area contributed by atoms with Gasteiger partial charge in [0.25, 0.3) is 0 Å². The molecule has 2 N–H and O–H groups in total. The Kier molecular flexibility index (Phi) is 4.16. The fraction of sp³-hybridized carbons (Fsp3) is 0.583. The molecule has 0 radical (unpaired) electrons. The minimum Gasteiger partial charge on any atom is -0.489 e. The summed E-state index contributed by atoms with van der Waals surface area (Å²) in [6, 6.07) is 1.69. The number of carbonyl (C=O) groups is 1. The summed E-state index contributed by atoms with van der Waals surface area (Å²) in [7, 11) is 0. The Morgan fingerprint density at radius 1 is 1.59 bits per heavy atom. The van der Waals surface area contributed by atoms with E-state index < -0.39 is 11.6 Å². The second-order valence-corrected chi connectivity index (χ2v) is 5.91. The number of aryl methyl sites for hydroxylation is 1. The number of ether oxygens (including phenoxy) is 1. The molecule has 0 aliphatic rings. The topological polar surface area (TPSA) is 66.8 Å². The van der Waals surface area contributed by atoms with E-state index in [0.29, 0.717) is 5.75 Å². The Bertz CT molecular complexity index is 407. The van der Waals surface area contributed by atoms with Crippen LogP contribution in [0.1, 0.15) is 35.3 Å². The summed E-state index contributed by atoms with van der Waals surface area (Å²) in [5.74, 6) is -0.626. The van der Waals surface area contributed by atoms with Gasteiger partial charge in [0, 0.05) is 4.88 Å². The highest BCUT2D eigenvalue weighted by atomic mass is 32.1. The van der Waals surface area contributed by atoms with Gasteiger partial charge >= 0.3 is 5.97 Å². The number of hydrogen-bond acceptors (Lipinski definition) is 4. The SMILES string of the molecule is Cc1cc(OCC(C)(O)C(C)C)c(C(=O)O)s1. The van der Waals surface area contributed by atoms with Crippen LogP contribution in [0.15, 0.2) is 6.07 Å². The van der Waals surface area contributed by atoms with Crippen LogP contribution < -0.4 is 4.74 Å². The maximum Gasteiger partial charge on any atom is 0.349 e. The summed E-state index contributed by atoms with van der Waals surface area (Å²) >= 11 is 1.18. The highest BCUT2D eigenvalue weighted by Crippen LogP contribution is 2.30. The molecule has 1 rings (SSSR count). The molecule has 5 heteroatoms. The molecule has 1 heterocycles. The van der Waals surface area contributed by atoms with Crippen molar-refractivity contribution in [1.82, 2.24) is 0 Å². The second-order valence-electron chi connectivity index (χ2n) is 4.66. The predicted molar refractivity (Wildman–Crippen MR) is 67.0 cm³/mol. The monoisotopic (exact) mass is 258 g/mol. The van der Waals surface area contributed by atoms with Crippen molar-refractivity contribution in [2.45, 2.75) is 33.3 Å². The van der Waals surface area contributed by atoms with Crippen LogP contribution in [0.4, 0.5) is 0 Å². The first-order chi connectivity index (χ1) is 7.74. The van der Waals surface area contributed by atoms with Crippen molar-refractivity contribution >= 4 is 17.3 Å². The molecule has 1 aromatic rings. The van der Waals surface area contributed by atoms with E-state index in [1.165, 1.54) is 11.3 Å². The van der Waals surface area contributed by atoms with Gasteiger partial charge in [-0.25, -0.2) is 4.79 Å². The van der Waals surface area contributed by atoms with Crippen LogP contribution in [-0.4, -0.2) is 28.4 Å². The number of aliphatic hydroxyl groups is 1. The summed E-state index contributed by atoms with van der Waals surface area (Å²) in [5.41, 5.74) is -0.967. The zero-order chi connectivity index (χ0) is 13.2. The van der Waals surface area contributed by atoms with Crippen molar-refractivity contribution in [1.29, 1.82) is 0 Å². The molecule has 0 fully saturated rings. The molecule has 0 aliphatic heterocycles. The van der Waals surface area contributed by atoms with E-state index in [0.717, 1.165) is 4.88 Å². The van der Waals surface area contributed by atoms with Crippen LogP contribution in [0, 0.1) is 12.8 Å². The average molecular weight is 258 g/mol. The molecule has 0 saturated heterocycles. The summed E-state index contributed by atoms with van der Waals surface area (Å²) in [5, 5.41) is 19.0. The fourth-order valence-corrected chi connectivity index (χ4v) is 1.93. The van der Waals surface area contributed by atoms with Gasteiger partial charge in [0.15, 0.2) is 4.88 Å². The lowest BCUT2D eigenvalue weighted by Crippen LogP contribution is -2.37. The van der Waals surface area contributed by atoms with E-state index >= 15 is 0 Å². The number of carboxylic acids is 1. The van der Waals surface area contributed by atoms with Gasteiger partial charge < -0.3 is 14.9 Å². The average Bonchev–Trinajstić information content (AvgIpc) is 2.56. The standard InChI is InChI=1S/C12H18O4S/c1-7(2)12(4,15)6-16-9-5-8(3)17-10(9)11(13)14/h5,7,15H,6H2,1-4H3,(H,13,14). The Balaban J connectivity index is 2.79. The van der Waals surface area contributed by atoms with Crippen LogP contribution in [0.5, 0.6) is 5.75 Å². The molecule has 0 aliphatic carbocycles. The largest absolute Gasteiger partial charge is 0.489 e. The third-order valence-corrected chi connectivity index (χ3v) is 3.80. The lowest BCUT2D eigenvalue weighted by Gasteiger charge is -2.27. The zero-order valence-corrected chi connectivity index (χ0v) is 11.3. The third-order valence-electron chi connectivity index (χ3n) is 2.78. The van der Waals surface area contributed by atoms with Gasteiger partial charge in [-0.3, -0.25) is 0 Å². The van der Waals surface area contributed by atoms with Crippen LogP contribution in [0.2, 0.25) is 0 Å². The Hall–Kier alpha value is -1.07. The molecule has 4 nitrogen and oxygen atoms in total. The molecule has 1 atom stereocenters. The van der Waals surface area contributed by atoms with E-state index in [-0.39, 0.29) is 17.4 Å². The van der Waals surface area contributed by atoms with Crippen LogP contribution in [0.25, 0.3) is 0 Å². The molecular weight excluding hydrogens is 240 g/mol. The first-order valence-electron chi connectivity index (χ1n) is 5.43. The quantitative estimate of drug-likeness (QED) is 0.851. The van der Waals surface area contributed by atoms with Gasteiger partial charge in [-0.2, -0.15) is 0 Å². The molecular formula is C12H18O4S. The van der Waals surface area contributed by atoms with Crippen molar-refractivity contribution in [2.75, 3.05) is 6.61 Å². The predicted octanol–water partition coefficient (Wildman–Crippen LogP) is 2.54. The van der Waals surface area contributed by atoms with Crippen LogP contribution >= 0.6 is 11.3 Å². The minimum atomic E-state index is -0.998. The summed E-state index contributed by atoms with van der Waals surface area (Å²) < 4.78 is 5.42. The number of hydrogen-bond donors (Lipinski definition) is 2. The van der Waals surface area contributed by atoms with Gasteiger partial charge in [0.2, 0.25) is 0 Å². The van der Waals surface area contributed by atoms with E-state index in [9.17, 15) is 9.90 Å². The molecule has 1 aromatic heterocycles.